The largest absolute Gasteiger partial charge is 0.492 e. The fourth-order valence-electron chi connectivity index (χ4n) is 2.09. The van der Waals surface area contributed by atoms with E-state index in [4.69, 9.17) is 4.74 Å². The number of ether oxygens (including phenoxy) is 1. The maximum atomic E-state index is 12.7. The number of hydrogen-bond acceptors (Lipinski definition) is 2. The van der Waals surface area contributed by atoms with Gasteiger partial charge < -0.3 is 4.74 Å². The molecule has 0 N–H and O–H groups in total. The molecule has 0 aromatic heterocycles. The van der Waals surface area contributed by atoms with Gasteiger partial charge >= 0.3 is 0 Å². The first-order chi connectivity index (χ1) is 10.3. The van der Waals surface area contributed by atoms with E-state index >= 15 is 0 Å². The first-order valence-corrected chi connectivity index (χ1v) is 8.26. The lowest BCUT2D eigenvalue weighted by atomic mass is 9.88. The van der Waals surface area contributed by atoms with Crippen molar-refractivity contribution in [3.63, 3.8) is 0 Å². The summed E-state index contributed by atoms with van der Waals surface area (Å²) in [7, 11) is 0. The average Bonchev–Trinajstić information content (AvgIpc) is 2.42. The van der Waals surface area contributed by atoms with Gasteiger partial charge in [-0.2, -0.15) is 0 Å². The zero-order valence-corrected chi connectivity index (χ0v) is 14.7. The summed E-state index contributed by atoms with van der Waals surface area (Å²) in [5.74, 6) is 1.17. The third-order valence-electron chi connectivity index (χ3n) is 3.34. The van der Waals surface area contributed by atoms with Gasteiger partial charge in [0.1, 0.15) is 6.10 Å². The molecule has 0 aliphatic carbocycles. The highest BCUT2D eigenvalue weighted by atomic mass is 16.5. The molecule has 1 aliphatic heterocycles. The second-order valence-corrected chi connectivity index (χ2v) is 6.92. The van der Waals surface area contributed by atoms with E-state index in [1.807, 2.05) is 24.3 Å². The maximum Gasteiger partial charge on any atom is 0.176 e. The van der Waals surface area contributed by atoms with E-state index in [2.05, 4.69) is 53.7 Å². The van der Waals surface area contributed by atoms with Crippen LogP contribution in [0.2, 0.25) is 0 Å². The third-order valence-corrected chi connectivity index (χ3v) is 3.34. The van der Waals surface area contributed by atoms with E-state index in [-0.39, 0.29) is 17.8 Å². The fraction of sp³-hybridized carbons (Fsp3) is 0.550. The summed E-state index contributed by atoms with van der Waals surface area (Å²) in [4.78, 5) is 12.7. The van der Waals surface area contributed by atoms with Gasteiger partial charge in [-0.3, -0.25) is 4.79 Å². The van der Waals surface area contributed by atoms with Crippen molar-refractivity contribution in [2.45, 2.75) is 47.6 Å². The predicted octanol–water partition coefficient (Wildman–Crippen LogP) is 5.09. The van der Waals surface area contributed by atoms with Gasteiger partial charge in [0.25, 0.3) is 0 Å². The van der Waals surface area contributed by atoms with Crippen LogP contribution >= 0.6 is 0 Å². The van der Waals surface area contributed by atoms with Crippen LogP contribution in [-0.2, 0) is 9.53 Å². The Labute approximate surface area is 135 Å². The quantitative estimate of drug-likeness (QED) is 0.639. The molecule has 1 aliphatic rings. The Hall–Kier alpha value is -1.57. The van der Waals surface area contributed by atoms with Crippen molar-refractivity contribution >= 4 is 5.78 Å². The Balaban J connectivity index is 3.01. The van der Waals surface area contributed by atoms with Crippen LogP contribution in [0, 0.1) is 23.7 Å². The minimum absolute atomic E-state index is 0.137. The average molecular weight is 302 g/mol. The maximum absolute atomic E-state index is 12.7. The summed E-state index contributed by atoms with van der Waals surface area (Å²) in [5, 5.41) is 0. The molecule has 2 nitrogen and oxygen atoms in total. The normalized spacial score (nSPS) is 23.5. The zero-order chi connectivity index (χ0) is 16.7. The molecule has 0 aromatic rings. The summed E-state index contributed by atoms with van der Waals surface area (Å²) >= 11 is 0. The molecule has 0 radical (unpaired) electrons. The van der Waals surface area contributed by atoms with E-state index in [9.17, 15) is 4.79 Å². The molecule has 0 bridgehead atoms. The zero-order valence-electron chi connectivity index (χ0n) is 14.7. The standard InChI is InChI=1S/C20H30O2/c1-14(2)7-10-17-13-22-19(12-9-16(5)6)18(20(17)21)11-8-15(3)4/h7-16,18-19H,1-6H3. The van der Waals surface area contributed by atoms with E-state index in [1.165, 1.54) is 0 Å². The second kappa shape index (κ2) is 8.77. The number of Topliss-reactive ketones (excluding diaryl/α,β-unsaturated/α-hetero) is 1. The van der Waals surface area contributed by atoms with Crippen molar-refractivity contribution in [2.24, 2.45) is 23.7 Å². The number of rotatable bonds is 6. The van der Waals surface area contributed by atoms with Gasteiger partial charge in [-0.05, 0) is 23.8 Å². The van der Waals surface area contributed by atoms with Crippen LogP contribution in [0.15, 0.2) is 48.3 Å². The lowest BCUT2D eigenvalue weighted by Crippen LogP contribution is -2.31. The minimum Gasteiger partial charge on any atom is -0.492 e. The summed E-state index contributed by atoms with van der Waals surface area (Å²) < 4.78 is 5.82. The number of carbonyl (C=O) groups is 1. The van der Waals surface area contributed by atoms with Crippen LogP contribution in [0.5, 0.6) is 0 Å². The Kier molecular flexibility index (Phi) is 7.37. The van der Waals surface area contributed by atoms with E-state index < -0.39 is 0 Å². The van der Waals surface area contributed by atoms with E-state index in [0.717, 1.165) is 0 Å². The highest BCUT2D eigenvalue weighted by Gasteiger charge is 2.31. The second-order valence-electron chi connectivity index (χ2n) is 6.92. The number of ketones is 1. The van der Waals surface area contributed by atoms with Gasteiger partial charge in [-0.25, -0.2) is 0 Å². The monoisotopic (exact) mass is 302 g/mol. The van der Waals surface area contributed by atoms with Crippen molar-refractivity contribution in [3.8, 4) is 0 Å². The van der Waals surface area contributed by atoms with Crippen LogP contribution in [-0.4, -0.2) is 11.9 Å². The molecule has 0 saturated heterocycles. The molecule has 1 heterocycles. The van der Waals surface area contributed by atoms with Gasteiger partial charge in [0.05, 0.1) is 17.8 Å². The van der Waals surface area contributed by atoms with Crippen LogP contribution < -0.4 is 0 Å². The molecule has 0 fully saturated rings. The Morgan fingerprint density at radius 3 is 2.00 bits per heavy atom. The first kappa shape index (κ1) is 18.5. The Bertz CT molecular complexity index is 476. The lowest BCUT2D eigenvalue weighted by Gasteiger charge is -2.26. The van der Waals surface area contributed by atoms with Crippen molar-refractivity contribution < 1.29 is 9.53 Å². The molecule has 2 atom stereocenters. The predicted molar refractivity (Wildman–Crippen MR) is 93.4 cm³/mol. The van der Waals surface area contributed by atoms with Gasteiger partial charge in [-0.1, -0.05) is 71.9 Å². The van der Waals surface area contributed by atoms with Crippen LogP contribution in [0.25, 0.3) is 0 Å². The molecule has 2 unspecified atom stereocenters. The number of hydrogen-bond donors (Lipinski definition) is 0. The minimum atomic E-state index is -0.241. The summed E-state index contributed by atoms with van der Waals surface area (Å²) in [6.07, 6.45) is 13.5. The fourth-order valence-corrected chi connectivity index (χ4v) is 2.09. The van der Waals surface area contributed by atoms with Crippen molar-refractivity contribution in [2.75, 3.05) is 0 Å². The molecule has 22 heavy (non-hydrogen) atoms. The summed E-state index contributed by atoms with van der Waals surface area (Å²) in [6.45, 7) is 12.6. The van der Waals surface area contributed by atoms with Gasteiger partial charge in [0, 0.05) is 0 Å². The molecule has 2 heteroatoms. The van der Waals surface area contributed by atoms with Gasteiger partial charge in [0.2, 0.25) is 0 Å². The Morgan fingerprint density at radius 1 is 0.909 bits per heavy atom. The van der Waals surface area contributed by atoms with E-state index in [1.54, 1.807) is 6.26 Å². The smallest absolute Gasteiger partial charge is 0.176 e. The van der Waals surface area contributed by atoms with Gasteiger partial charge in [0.15, 0.2) is 5.78 Å². The van der Waals surface area contributed by atoms with Crippen LogP contribution in [0.3, 0.4) is 0 Å². The lowest BCUT2D eigenvalue weighted by molar-refractivity contribution is -0.121. The molecule has 1 rings (SSSR count). The third kappa shape index (κ3) is 6.05. The molecule has 0 aromatic carbocycles. The molecule has 0 amide bonds. The SMILES string of the molecule is CC(C)C=CC1=COC(C=CC(C)C)C(C=CC(C)C)C1=O. The van der Waals surface area contributed by atoms with Crippen molar-refractivity contribution in [1.82, 2.24) is 0 Å². The van der Waals surface area contributed by atoms with Crippen molar-refractivity contribution in [1.29, 1.82) is 0 Å². The molecule has 0 saturated carbocycles. The van der Waals surface area contributed by atoms with E-state index in [0.29, 0.717) is 23.3 Å². The highest BCUT2D eigenvalue weighted by molar-refractivity contribution is 6.01. The first-order valence-electron chi connectivity index (χ1n) is 8.26. The summed E-state index contributed by atoms with van der Waals surface area (Å²) in [5.41, 5.74) is 0.654. The van der Waals surface area contributed by atoms with Crippen LogP contribution in [0.1, 0.15) is 41.5 Å². The Morgan fingerprint density at radius 2 is 1.45 bits per heavy atom. The number of carbonyl (C=O) groups excluding carboxylic acids is 1. The van der Waals surface area contributed by atoms with Gasteiger partial charge in [-0.15, -0.1) is 0 Å². The van der Waals surface area contributed by atoms with Crippen LogP contribution in [0.4, 0.5) is 0 Å². The number of allylic oxidation sites excluding steroid dienone is 5. The summed E-state index contributed by atoms with van der Waals surface area (Å²) in [6, 6.07) is 0. The topological polar surface area (TPSA) is 26.3 Å². The van der Waals surface area contributed by atoms with Crippen molar-refractivity contribution in [3.05, 3.63) is 48.3 Å². The molecular formula is C20H30O2. The highest BCUT2D eigenvalue weighted by Crippen LogP contribution is 2.25. The molecule has 122 valence electrons. The molecule has 0 spiro atoms. The molecular weight excluding hydrogens is 272 g/mol.